The zero-order chi connectivity index (χ0) is 16.5. The van der Waals surface area contributed by atoms with Gasteiger partial charge in [0.15, 0.2) is 0 Å². The number of likely N-dealkylation sites (tertiary alicyclic amines) is 1. The Morgan fingerprint density at radius 3 is 2.36 bits per heavy atom. The molecule has 1 aliphatic rings. The topological polar surface area (TPSA) is 81.9 Å². The van der Waals surface area contributed by atoms with Crippen LogP contribution in [0.5, 0.6) is 0 Å². The van der Waals surface area contributed by atoms with Gasteiger partial charge < -0.3 is 15.2 Å². The second-order valence-electron chi connectivity index (χ2n) is 5.39. The molecule has 0 spiro atoms. The molecule has 0 bridgehead atoms. The lowest BCUT2D eigenvalue weighted by Gasteiger charge is -2.32. The summed E-state index contributed by atoms with van der Waals surface area (Å²) in [5.74, 6) is -0.997. The van der Waals surface area contributed by atoms with Gasteiger partial charge in [-0.15, -0.1) is 0 Å². The van der Waals surface area contributed by atoms with Crippen molar-refractivity contribution in [2.24, 2.45) is 5.73 Å². The first-order valence-corrected chi connectivity index (χ1v) is 7.15. The molecule has 120 valence electrons. The molecule has 7 heteroatoms. The van der Waals surface area contributed by atoms with Crippen molar-refractivity contribution < 1.29 is 19.1 Å². The summed E-state index contributed by atoms with van der Waals surface area (Å²) in [5.41, 5.74) is 5.79. The normalized spacial score (nSPS) is 28.4. The monoisotopic (exact) mass is 326 g/mol. The van der Waals surface area contributed by atoms with E-state index in [9.17, 15) is 9.59 Å². The third-order valence-electron chi connectivity index (χ3n) is 4.14. The van der Waals surface area contributed by atoms with Crippen LogP contribution >= 0.6 is 11.6 Å². The molecule has 22 heavy (non-hydrogen) atoms. The Morgan fingerprint density at radius 2 is 1.86 bits per heavy atom. The highest BCUT2D eigenvalue weighted by molar-refractivity contribution is 6.30. The van der Waals surface area contributed by atoms with Crippen LogP contribution < -0.4 is 5.73 Å². The predicted molar refractivity (Wildman–Crippen MR) is 81.3 cm³/mol. The minimum Gasteiger partial charge on any atom is -0.468 e. The summed E-state index contributed by atoms with van der Waals surface area (Å²) in [6.07, 6.45) is 0.121. The molecule has 6 nitrogen and oxygen atoms in total. The number of halogens is 1. The van der Waals surface area contributed by atoms with Crippen molar-refractivity contribution in [3.63, 3.8) is 0 Å². The molecule has 0 amide bonds. The fourth-order valence-electron chi connectivity index (χ4n) is 3.07. The van der Waals surface area contributed by atoms with Crippen LogP contribution in [0.4, 0.5) is 0 Å². The molecule has 1 aromatic carbocycles. The molecule has 0 radical (unpaired) electrons. The van der Waals surface area contributed by atoms with Gasteiger partial charge in [0.05, 0.1) is 20.3 Å². The van der Waals surface area contributed by atoms with Crippen molar-refractivity contribution in [2.45, 2.75) is 24.0 Å². The third-order valence-corrected chi connectivity index (χ3v) is 4.39. The Bertz CT molecular complexity index is 577. The largest absolute Gasteiger partial charge is 0.468 e. The number of likely N-dealkylation sites (N-methyl/N-ethyl adjacent to an activating group) is 1. The summed E-state index contributed by atoms with van der Waals surface area (Å²) < 4.78 is 9.66. The van der Waals surface area contributed by atoms with Crippen LogP contribution in [0.2, 0.25) is 5.02 Å². The van der Waals surface area contributed by atoms with Crippen molar-refractivity contribution >= 4 is 23.5 Å². The smallest absolute Gasteiger partial charge is 0.327 e. The molecular weight excluding hydrogens is 308 g/mol. The average Bonchev–Trinajstić information content (AvgIpc) is 2.79. The maximum absolute atomic E-state index is 12.2. The van der Waals surface area contributed by atoms with Gasteiger partial charge in [-0.1, -0.05) is 23.7 Å². The van der Waals surface area contributed by atoms with E-state index in [2.05, 4.69) is 0 Å². The predicted octanol–water partition coefficient (Wildman–Crippen LogP) is 1.13. The molecule has 2 N–H and O–H groups in total. The van der Waals surface area contributed by atoms with Gasteiger partial charge in [0.25, 0.3) is 0 Å². The Kier molecular flexibility index (Phi) is 4.75. The molecule has 0 saturated carbocycles. The Labute approximate surface area is 134 Å². The van der Waals surface area contributed by atoms with E-state index in [1.807, 2.05) is 0 Å². The standard InChI is InChI=1S/C15H19ClN2O4/c1-18-11(13(19)21-2)8-15(17,14(20)22-3)12(18)9-4-6-10(16)7-5-9/h4-7,11-12H,8,17H2,1-3H3/t11-,12-,15+/m1/s1. The fraction of sp³-hybridized carbons (Fsp3) is 0.467. The number of carbonyl (C=O) groups excluding carboxylic acids is 2. The maximum Gasteiger partial charge on any atom is 0.327 e. The van der Waals surface area contributed by atoms with E-state index in [0.29, 0.717) is 5.02 Å². The Balaban J connectivity index is 2.47. The minimum atomic E-state index is -1.34. The van der Waals surface area contributed by atoms with Crippen LogP contribution in [0.25, 0.3) is 0 Å². The molecule has 1 fully saturated rings. The van der Waals surface area contributed by atoms with Crippen molar-refractivity contribution in [3.8, 4) is 0 Å². The first-order chi connectivity index (χ1) is 10.3. The van der Waals surface area contributed by atoms with E-state index in [1.165, 1.54) is 14.2 Å². The molecule has 1 saturated heterocycles. The van der Waals surface area contributed by atoms with Gasteiger partial charge in [0.2, 0.25) is 0 Å². The number of benzene rings is 1. The quantitative estimate of drug-likeness (QED) is 0.838. The molecule has 3 atom stereocenters. The van der Waals surface area contributed by atoms with Gasteiger partial charge in [0, 0.05) is 11.4 Å². The highest BCUT2D eigenvalue weighted by Gasteiger charge is 2.56. The summed E-state index contributed by atoms with van der Waals surface area (Å²) >= 11 is 5.91. The second-order valence-corrected chi connectivity index (χ2v) is 5.83. The van der Waals surface area contributed by atoms with Crippen molar-refractivity contribution in [1.29, 1.82) is 0 Å². The maximum atomic E-state index is 12.2. The number of methoxy groups -OCH3 is 2. The van der Waals surface area contributed by atoms with E-state index in [0.717, 1.165) is 5.56 Å². The molecule has 0 aromatic heterocycles. The molecule has 2 rings (SSSR count). The highest BCUT2D eigenvalue weighted by atomic mass is 35.5. The number of esters is 2. The van der Waals surface area contributed by atoms with Crippen LogP contribution in [0.3, 0.4) is 0 Å². The molecule has 0 aliphatic carbocycles. The number of ether oxygens (including phenoxy) is 2. The summed E-state index contributed by atoms with van der Waals surface area (Å²) in [4.78, 5) is 25.9. The van der Waals surface area contributed by atoms with E-state index in [1.54, 1.807) is 36.2 Å². The van der Waals surface area contributed by atoms with Crippen LogP contribution in [-0.2, 0) is 19.1 Å². The minimum absolute atomic E-state index is 0.121. The second kappa shape index (κ2) is 6.24. The van der Waals surface area contributed by atoms with Crippen LogP contribution in [0.1, 0.15) is 18.0 Å². The SMILES string of the molecule is COC(=O)[C@H]1C[C@@](N)(C(=O)OC)[C@@H](c2ccc(Cl)cc2)N1C. The molecule has 1 heterocycles. The molecule has 1 aliphatic heterocycles. The van der Waals surface area contributed by atoms with Gasteiger partial charge in [-0.25, -0.2) is 4.79 Å². The van der Waals surface area contributed by atoms with Gasteiger partial charge in [0.1, 0.15) is 11.6 Å². The lowest BCUT2D eigenvalue weighted by atomic mass is 9.86. The van der Waals surface area contributed by atoms with Gasteiger partial charge in [-0.3, -0.25) is 9.69 Å². The van der Waals surface area contributed by atoms with Gasteiger partial charge in [-0.05, 0) is 24.7 Å². The Hall–Kier alpha value is -1.63. The van der Waals surface area contributed by atoms with Gasteiger partial charge >= 0.3 is 11.9 Å². The average molecular weight is 327 g/mol. The van der Waals surface area contributed by atoms with Gasteiger partial charge in [-0.2, -0.15) is 0 Å². The van der Waals surface area contributed by atoms with E-state index < -0.39 is 29.6 Å². The van der Waals surface area contributed by atoms with Crippen molar-refractivity contribution in [1.82, 2.24) is 4.90 Å². The molecule has 1 aromatic rings. The molecule has 0 unspecified atom stereocenters. The highest BCUT2D eigenvalue weighted by Crippen LogP contribution is 2.42. The zero-order valence-corrected chi connectivity index (χ0v) is 13.5. The number of hydrogen-bond donors (Lipinski definition) is 1. The lowest BCUT2D eigenvalue weighted by Crippen LogP contribution is -2.52. The van der Waals surface area contributed by atoms with Crippen molar-refractivity contribution in [2.75, 3.05) is 21.3 Å². The first-order valence-electron chi connectivity index (χ1n) is 6.77. The summed E-state index contributed by atoms with van der Waals surface area (Å²) in [5, 5.41) is 0.578. The first kappa shape index (κ1) is 16.7. The van der Waals surface area contributed by atoms with Crippen LogP contribution in [-0.4, -0.2) is 49.7 Å². The van der Waals surface area contributed by atoms with Crippen LogP contribution in [0, 0.1) is 0 Å². The number of hydrogen-bond acceptors (Lipinski definition) is 6. The van der Waals surface area contributed by atoms with E-state index >= 15 is 0 Å². The van der Waals surface area contributed by atoms with Crippen LogP contribution in [0.15, 0.2) is 24.3 Å². The number of rotatable bonds is 3. The summed E-state index contributed by atoms with van der Waals surface area (Å²) in [6.45, 7) is 0. The lowest BCUT2D eigenvalue weighted by molar-refractivity contribution is -0.148. The van der Waals surface area contributed by atoms with E-state index in [-0.39, 0.29) is 6.42 Å². The fourth-order valence-corrected chi connectivity index (χ4v) is 3.19. The van der Waals surface area contributed by atoms with Crippen molar-refractivity contribution in [3.05, 3.63) is 34.9 Å². The number of nitrogens with two attached hydrogens (primary N) is 1. The number of nitrogens with zero attached hydrogens (tertiary/aromatic N) is 1. The summed E-state index contributed by atoms with van der Waals surface area (Å²) in [6, 6.07) is 5.87. The Morgan fingerprint density at radius 1 is 1.27 bits per heavy atom. The molecular formula is C15H19ClN2O4. The third kappa shape index (κ3) is 2.69. The zero-order valence-electron chi connectivity index (χ0n) is 12.7. The number of carbonyl (C=O) groups is 2. The summed E-state index contributed by atoms with van der Waals surface area (Å²) in [7, 11) is 4.32. The van der Waals surface area contributed by atoms with E-state index in [4.69, 9.17) is 26.8 Å².